The smallest absolute Gasteiger partial charge is 0.328 e. The van der Waals surface area contributed by atoms with Crippen molar-refractivity contribution >= 4 is 68.4 Å². The van der Waals surface area contributed by atoms with Crippen molar-refractivity contribution in [3.05, 3.63) is 94.0 Å². The molecule has 4 fully saturated rings. The lowest BCUT2D eigenvalue weighted by Crippen LogP contribution is -2.50. The zero-order valence-electron chi connectivity index (χ0n) is 40.1. The first-order valence-electron chi connectivity index (χ1n) is 23.9. The van der Waals surface area contributed by atoms with Crippen molar-refractivity contribution in [1.29, 1.82) is 0 Å². The molecule has 71 heavy (non-hydrogen) atoms. The fourth-order valence-corrected chi connectivity index (χ4v) is 11.3. The van der Waals surface area contributed by atoms with Crippen LogP contribution in [-0.4, -0.2) is 165 Å². The number of likely N-dealkylation sites (N-methyl/N-ethyl adjacent to an activating group) is 1. The molecule has 0 spiro atoms. The van der Waals surface area contributed by atoms with E-state index in [1.165, 1.54) is 58.6 Å². The zero-order valence-corrected chi connectivity index (χ0v) is 41.7. The summed E-state index contributed by atoms with van der Waals surface area (Å²) in [6, 6.07) is 14.0. The highest BCUT2D eigenvalue weighted by atomic mass is 35.5. The van der Waals surface area contributed by atoms with Gasteiger partial charge >= 0.3 is 6.03 Å². The molecule has 0 unspecified atom stereocenters. The standard InChI is InChI=1S/C50H59ClFN9O9S/c1-32-45(33(2)62)46(35-6-9-37(52)10-7-35)47(53-32)48(65)54-40-30-38(71(68,69)60-26-20-56(3)21-27-60)11-13-42(40)70-28-4-5-44(64)58-24-22-57(23-25-58)31-34-14-17-59(18-15-34)49(66)36-8-12-39(51)41(29-36)61-19-16-43(63)55-50(61)67/h6-13,29-30,34,53H,4-5,14-28,31H2,1-3H3,(H,54,65)(H,55,63,67). The van der Waals surface area contributed by atoms with E-state index in [0.29, 0.717) is 105 Å². The van der Waals surface area contributed by atoms with E-state index < -0.39 is 27.8 Å². The molecule has 8 rings (SSSR count). The third-order valence-electron chi connectivity index (χ3n) is 13.7. The Morgan fingerprint density at radius 2 is 1.56 bits per heavy atom. The van der Waals surface area contributed by atoms with Crippen LogP contribution in [0.5, 0.6) is 5.75 Å². The number of urea groups is 1. The minimum Gasteiger partial charge on any atom is -0.491 e. The van der Waals surface area contributed by atoms with Crippen LogP contribution < -0.4 is 20.3 Å². The monoisotopic (exact) mass is 1020 g/mol. The molecule has 378 valence electrons. The number of carbonyl (C=O) groups excluding carboxylic acids is 6. The summed E-state index contributed by atoms with van der Waals surface area (Å²) in [6.07, 6.45) is 2.35. The minimum atomic E-state index is -3.96. The number of aromatic nitrogens is 1. The van der Waals surface area contributed by atoms with E-state index in [9.17, 15) is 41.6 Å². The molecule has 6 amide bonds. The van der Waals surface area contributed by atoms with Gasteiger partial charge in [-0.1, -0.05) is 23.7 Å². The molecule has 3 aromatic carbocycles. The highest BCUT2D eigenvalue weighted by molar-refractivity contribution is 7.89. The number of ether oxygens (including phenoxy) is 1. The largest absolute Gasteiger partial charge is 0.491 e. The Bertz CT molecular complexity index is 2800. The molecule has 0 aliphatic carbocycles. The summed E-state index contributed by atoms with van der Waals surface area (Å²) in [5, 5.41) is 5.42. The molecule has 0 bridgehead atoms. The van der Waals surface area contributed by atoms with E-state index in [4.69, 9.17) is 16.3 Å². The number of imide groups is 1. The number of piperazine rings is 2. The summed E-state index contributed by atoms with van der Waals surface area (Å²) in [5.41, 5.74) is 2.33. The second-order valence-corrected chi connectivity index (χ2v) is 20.9. The molecular weight excluding hydrogens is 957 g/mol. The van der Waals surface area contributed by atoms with E-state index in [-0.39, 0.29) is 82.7 Å². The fraction of sp³-hybridized carbons (Fsp3) is 0.440. The topological polar surface area (TPSA) is 205 Å². The average Bonchev–Trinajstić information content (AvgIpc) is 3.71. The van der Waals surface area contributed by atoms with Gasteiger partial charge in [-0.2, -0.15) is 4.31 Å². The van der Waals surface area contributed by atoms with E-state index in [0.717, 1.165) is 19.4 Å². The van der Waals surface area contributed by atoms with Gasteiger partial charge in [0.05, 0.1) is 27.9 Å². The number of aryl methyl sites for hydroxylation is 1. The number of carbonyl (C=O) groups is 6. The molecule has 21 heteroatoms. The van der Waals surface area contributed by atoms with Crippen molar-refractivity contribution < 1.29 is 46.3 Å². The van der Waals surface area contributed by atoms with E-state index in [2.05, 4.69) is 20.5 Å². The van der Waals surface area contributed by atoms with Crippen molar-refractivity contribution in [3.63, 3.8) is 0 Å². The van der Waals surface area contributed by atoms with Gasteiger partial charge in [0, 0.05) is 114 Å². The number of anilines is 2. The van der Waals surface area contributed by atoms with Crippen molar-refractivity contribution in [1.82, 2.24) is 34.2 Å². The van der Waals surface area contributed by atoms with Crippen LogP contribution in [0.3, 0.4) is 0 Å². The number of piperidine rings is 1. The highest BCUT2D eigenvalue weighted by Crippen LogP contribution is 2.35. The SMILES string of the molecule is CC(=O)c1c(C)[nH]c(C(=O)Nc2cc(S(=O)(=O)N3CCN(C)CC3)ccc2OCCCC(=O)N2CCN(CC3CCN(C(=O)c4ccc(Cl)c(N5CCC(=O)NC5=O)c4)CC3)CC2)c1-c1ccc(F)cc1. The van der Waals surface area contributed by atoms with Gasteiger partial charge in [-0.05, 0) is 100 Å². The molecule has 4 aromatic rings. The van der Waals surface area contributed by atoms with Crippen LogP contribution in [-0.2, 0) is 19.6 Å². The van der Waals surface area contributed by atoms with Gasteiger partial charge in [0.2, 0.25) is 21.8 Å². The number of likely N-dealkylation sites (tertiary alicyclic amines) is 1. The Morgan fingerprint density at radius 3 is 2.24 bits per heavy atom. The molecule has 0 saturated carbocycles. The lowest BCUT2D eigenvalue weighted by atomic mass is 9.95. The van der Waals surface area contributed by atoms with Crippen LogP contribution in [0.2, 0.25) is 5.02 Å². The predicted octanol–water partition coefficient (Wildman–Crippen LogP) is 5.48. The normalized spacial score (nSPS) is 17.8. The first-order chi connectivity index (χ1) is 34.0. The van der Waals surface area contributed by atoms with E-state index >= 15 is 0 Å². The molecule has 0 radical (unpaired) electrons. The molecule has 3 N–H and O–H groups in total. The van der Waals surface area contributed by atoms with Crippen LogP contribution in [0.15, 0.2) is 65.6 Å². The number of hydrogen-bond donors (Lipinski definition) is 3. The van der Waals surface area contributed by atoms with Crippen LogP contribution in [0, 0.1) is 18.7 Å². The van der Waals surface area contributed by atoms with Gasteiger partial charge in [-0.3, -0.25) is 39.1 Å². The highest BCUT2D eigenvalue weighted by Gasteiger charge is 2.32. The maximum absolute atomic E-state index is 14.2. The number of H-pyrrole nitrogens is 1. The molecule has 0 atom stereocenters. The Labute approximate surface area is 417 Å². The van der Waals surface area contributed by atoms with Gasteiger partial charge in [0.25, 0.3) is 11.8 Å². The van der Waals surface area contributed by atoms with E-state index in [1.807, 2.05) is 21.7 Å². The summed E-state index contributed by atoms with van der Waals surface area (Å²) in [5.74, 6) is -1.41. The predicted molar refractivity (Wildman–Crippen MR) is 265 cm³/mol. The number of ketones is 1. The first kappa shape index (κ1) is 51.2. The summed E-state index contributed by atoms with van der Waals surface area (Å²) >= 11 is 6.40. The second kappa shape index (κ2) is 22.1. The molecule has 4 aliphatic heterocycles. The lowest BCUT2D eigenvalue weighted by Gasteiger charge is -2.39. The number of halogens is 2. The van der Waals surface area contributed by atoms with Crippen LogP contribution in [0.1, 0.15) is 75.9 Å². The number of Topliss-reactive ketones (excluding diaryl/α,β-unsaturated/α-hetero) is 1. The molecule has 18 nitrogen and oxygen atoms in total. The maximum Gasteiger partial charge on any atom is 0.328 e. The Balaban J connectivity index is 0.843. The number of amides is 6. The van der Waals surface area contributed by atoms with Gasteiger partial charge < -0.3 is 29.7 Å². The summed E-state index contributed by atoms with van der Waals surface area (Å²) < 4.78 is 49.2. The van der Waals surface area contributed by atoms with Crippen molar-refractivity contribution in [3.8, 4) is 16.9 Å². The molecule has 4 saturated heterocycles. The summed E-state index contributed by atoms with van der Waals surface area (Å²) in [4.78, 5) is 90.5. The van der Waals surface area contributed by atoms with Gasteiger partial charge in [0.1, 0.15) is 17.3 Å². The van der Waals surface area contributed by atoms with Crippen molar-refractivity contribution in [2.75, 3.05) is 102 Å². The minimum absolute atomic E-state index is 0.0151. The van der Waals surface area contributed by atoms with Gasteiger partial charge in [-0.25, -0.2) is 17.6 Å². The molecule has 5 heterocycles. The first-order valence-corrected chi connectivity index (χ1v) is 25.7. The number of nitrogens with zero attached hydrogens (tertiary/aromatic N) is 6. The third-order valence-corrected chi connectivity index (χ3v) is 15.9. The number of aromatic amines is 1. The van der Waals surface area contributed by atoms with Gasteiger partial charge in [0.15, 0.2) is 5.78 Å². The molecule has 4 aliphatic rings. The Hall–Kier alpha value is -6.19. The number of rotatable bonds is 15. The number of benzene rings is 3. The van der Waals surface area contributed by atoms with E-state index in [1.54, 1.807) is 25.1 Å². The van der Waals surface area contributed by atoms with Gasteiger partial charge in [-0.15, -0.1) is 0 Å². The fourth-order valence-electron chi connectivity index (χ4n) is 9.65. The third kappa shape index (κ3) is 11.8. The maximum atomic E-state index is 14.2. The Morgan fingerprint density at radius 1 is 0.859 bits per heavy atom. The number of hydrogen-bond acceptors (Lipinski definition) is 11. The second-order valence-electron chi connectivity index (χ2n) is 18.5. The molecule has 1 aromatic heterocycles. The number of sulfonamides is 1. The zero-order chi connectivity index (χ0) is 50.6. The Kier molecular flexibility index (Phi) is 15.9. The average molecular weight is 1020 g/mol. The summed E-state index contributed by atoms with van der Waals surface area (Å²) in [7, 11) is -2.03. The molecular formula is C50H59ClFN9O9S. The number of nitrogens with one attached hydrogen (secondary N) is 3. The quantitative estimate of drug-likeness (QED) is 0.101. The summed E-state index contributed by atoms with van der Waals surface area (Å²) in [6.45, 7) is 9.62. The van der Waals surface area contributed by atoms with Crippen molar-refractivity contribution in [2.24, 2.45) is 5.92 Å². The lowest BCUT2D eigenvalue weighted by molar-refractivity contribution is -0.133. The van der Waals surface area contributed by atoms with Crippen LogP contribution in [0.25, 0.3) is 11.1 Å². The van der Waals surface area contributed by atoms with Crippen molar-refractivity contribution in [2.45, 2.75) is 50.8 Å². The van der Waals surface area contributed by atoms with Crippen LogP contribution >= 0.6 is 11.6 Å². The van der Waals surface area contributed by atoms with Crippen LogP contribution in [0.4, 0.5) is 20.6 Å².